The van der Waals surface area contributed by atoms with Gasteiger partial charge in [0, 0.05) is 0 Å². The first-order chi connectivity index (χ1) is 9.54. The molecule has 4 N–H and O–H groups in total. The lowest BCUT2D eigenvalue weighted by Gasteiger charge is -2.40. The molecular formula is C14H26O6. The Balaban J connectivity index is 2.57. The first-order valence-corrected chi connectivity index (χ1v) is 7.13. The topological polar surface area (TPSA) is 99.4 Å². The minimum absolute atomic E-state index is 0.303. The van der Waals surface area contributed by atoms with Crippen LogP contribution in [0, 0.1) is 0 Å². The van der Waals surface area contributed by atoms with Gasteiger partial charge in [-0.1, -0.05) is 32.3 Å². The molecule has 20 heavy (non-hydrogen) atoms. The summed E-state index contributed by atoms with van der Waals surface area (Å²) < 4.78 is 10.9. The Hall–Kier alpha value is -0.500. The predicted molar refractivity (Wildman–Crippen MR) is 73.0 cm³/mol. The molecule has 1 fully saturated rings. The molecule has 0 unspecified atom stereocenters. The molecule has 1 rings (SSSR count). The van der Waals surface area contributed by atoms with Crippen LogP contribution in [-0.2, 0) is 9.47 Å². The van der Waals surface area contributed by atoms with Gasteiger partial charge in [-0.2, -0.15) is 0 Å². The van der Waals surface area contributed by atoms with E-state index in [0.717, 1.165) is 25.7 Å². The van der Waals surface area contributed by atoms with Crippen molar-refractivity contribution in [2.75, 3.05) is 6.61 Å². The average Bonchev–Trinajstić information content (AvgIpc) is 2.46. The normalized spacial score (nSPS) is 35.8. The number of aliphatic hydroxyl groups excluding tert-OH is 4. The van der Waals surface area contributed by atoms with Crippen LogP contribution in [0.25, 0.3) is 0 Å². The smallest absolute Gasteiger partial charge is 0.187 e. The summed E-state index contributed by atoms with van der Waals surface area (Å²) in [7, 11) is 0. The van der Waals surface area contributed by atoms with Crippen molar-refractivity contribution in [3.63, 3.8) is 0 Å². The molecule has 0 aromatic carbocycles. The van der Waals surface area contributed by atoms with Crippen molar-refractivity contribution in [1.82, 2.24) is 0 Å². The largest absolute Gasteiger partial charge is 0.394 e. The van der Waals surface area contributed by atoms with Crippen LogP contribution in [0.1, 0.15) is 32.6 Å². The highest BCUT2D eigenvalue weighted by Crippen LogP contribution is 2.24. The molecule has 0 aromatic rings. The van der Waals surface area contributed by atoms with Crippen LogP contribution < -0.4 is 0 Å². The van der Waals surface area contributed by atoms with Gasteiger partial charge in [-0.15, -0.1) is 6.58 Å². The van der Waals surface area contributed by atoms with Crippen molar-refractivity contribution >= 4 is 0 Å². The number of ether oxygens (including phenoxy) is 2. The van der Waals surface area contributed by atoms with E-state index in [-0.39, 0.29) is 6.10 Å². The lowest BCUT2D eigenvalue weighted by molar-refractivity contribution is -0.307. The standard InChI is InChI=1S/C14H26O6/c1-3-5-6-7-9(4-2)19-14-13(18)12(17)11(16)10(8-15)20-14/h4,9-18H,2-3,5-8H2,1H3/t9-,10-,11-,12+,13-,14-/m1/s1. The summed E-state index contributed by atoms with van der Waals surface area (Å²) in [5.41, 5.74) is 0. The van der Waals surface area contributed by atoms with Crippen LogP contribution in [0.5, 0.6) is 0 Å². The maximum Gasteiger partial charge on any atom is 0.187 e. The molecule has 0 spiro atoms. The van der Waals surface area contributed by atoms with E-state index >= 15 is 0 Å². The van der Waals surface area contributed by atoms with Crippen LogP contribution in [0.15, 0.2) is 12.7 Å². The third-order valence-electron chi connectivity index (χ3n) is 3.51. The highest BCUT2D eigenvalue weighted by Gasteiger charge is 2.44. The van der Waals surface area contributed by atoms with Crippen molar-refractivity contribution in [2.24, 2.45) is 0 Å². The van der Waals surface area contributed by atoms with E-state index in [0.29, 0.717) is 0 Å². The van der Waals surface area contributed by atoms with Crippen molar-refractivity contribution in [3.05, 3.63) is 12.7 Å². The summed E-state index contributed by atoms with van der Waals surface area (Å²) >= 11 is 0. The van der Waals surface area contributed by atoms with E-state index in [1.54, 1.807) is 6.08 Å². The van der Waals surface area contributed by atoms with E-state index in [2.05, 4.69) is 13.5 Å². The molecule has 0 saturated carbocycles. The zero-order chi connectivity index (χ0) is 15.1. The molecule has 118 valence electrons. The lowest BCUT2D eigenvalue weighted by atomic mass is 9.99. The molecule has 6 nitrogen and oxygen atoms in total. The van der Waals surface area contributed by atoms with E-state index in [9.17, 15) is 15.3 Å². The number of aliphatic hydroxyl groups is 4. The predicted octanol–water partition coefficient (Wildman–Crippen LogP) is -0.0622. The molecule has 1 aliphatic heterocycles. The third-order valence-corrected chi connectivity index (χ3v) is 3.51. The number of unbranched alkanes of at least 4 members (excludes halogenated alkanes) is 2. The highest BCUT2D eigenvalue weighted by atomic mass is 16.7. The van der Waals surface area contributed by atoms with Gasteiger partial charge in [-0.3, -0.25) is 0 Å². The molecule has 6 atom stereocenters. The summed E-state index contributed by atoms with van der Waals surface area (Å²) in [6.45, 7) is 5.32. The summed E-state index contributed by atoms with van der Waals surface area (Å²) in [5.74, 6) is 0. The zero-order valence-electron chi connectivity index (χ0n) is 11.9. The Morgan fingerprint density at radius 3 is 2.45 bits per heavy atom. The summed E-state index contributed by atoms with van der Waals surface area (Å²) in [5, 5.41) is 38.3. The summed E-state index contributed by atoms with van der Waals surface area (Å²) in [4.78, 5) is 0. The average molecular weight is 290 g/mol. The van der Waals surface area contributed by atoms with Crippen LogP contribution in [0.2, 0.25) is 0 Å². The van der Waals surface area contributed by atoms with E-state index in [1.807, 2.05) is 0 Å². The molecule has 1 saturated heterocycles. The summed E-state index contributed by atoms with van der Waals surface area (Å²) in [6, 6.07) is 0. The summed E-state index contributed by atoms with van der Waals surface area (Å²) in [6.07, 6.45) is -0.983. The van der Waals surface area contributed by atoms with Crippen LogP contribution in [-0.4, -0.2) is 63.8 Å². The maximum atomic E-state index is 9.86. The van der Waals surface area contributed by atoms with Crippen molar-refractivity contribution < 1.29 is 29.9 Å². The third kappa shape index (κ3) is 4.51. The molecule has 1 aliphatic rings. The van der Waals surface area contributed by atoms with Gasteiger partial charge < -0.3 is 29.9 Å². The zero-order valence-corrected chi connectivity index (χ0v) is 11.9. The fraction of sp³-hybridized carbons (Fsp3) is 0.857. The van der Waals surface area contributed by atoms with Gasteiger partial charge in [0.1, 0.15) is 24.4 Å². The van der Waals surface area contributed by atoms with Gasteiger partial charge >= 0.3 is 0 Å². The molecule has 0 radical (unpaired) electrons. The van der Waals surface area contributed by atoms with Crippen molar-refractivity contribution in [3.8, 4) is 0 Å². The number of rotatable bonds is 8. The quantitative estimate of drug-likeness (QED) is 0.369. The second kappa shape index (κ2) is 8.71. The van der Waals surface area contributed by atoms with Gasteiger partial charge in [0.15, 0.2) is 6.29 Å². The Morgan fingerprint density at radius 1 is 1.20 bits per heavy atom. The molecular weight excluding hydrogens is 264 g/mol. The Kier molecular flexibility index (Phi) is 7.65. The second-order valence-corrected chi connectivity index (χ2v) is 5.10. The Bertz CT molecular complexity index is 283. The fourth-order valence-corrected chi connectivity index (χ4v) is 2.19. The SMILES string of the molecule is C=C[C@H](CCCCC)O[C@@H]1O[C@H](CO)[C@@H](O)[C@H](O)[C@H]1O. The Labute approximate surface area is 119 Å². The fourth-order valence-electron chi connectivity index (χ4n) is 2.19. The molecule has 1 heterocycles. The maximum absolute atomic E-state index is 9.86. The van der Waals surface area contributed by atoms with E-state index < -0.39 is 37.3 Å². The second-order valence-electron chi connectivity index (χ2n) is 5.10. The molecule has 0 bridgehead atoms. The molecule has 0 aromatic heterocycles. The lowest BCUT2D eigenvalue weighted by Crippen LogP contribution is -2.59. The van der Waals surface area contributed by atoms with E-state index in [1.165, 1.54) is 0 Å². The molecule has 0 amide bonds. The number of hydrogen-bond acceptors (Lipinski definition) is 6. The van der Waals surface area contributed by atoms with Gasteiger partial charge in [-0.05, 0) is 6.42 Å². The van der Waals surface area contributed by atoms with Gasteiger partial charge in [0.25, 0.3) is 0 Å². The minimum Gasteiger partial charge on any atom is -0.394 e. The van der Waals surface area contributed by atoms with Crippen molar-refractivity contribution in [1.29, 1.82) is 0 Å². The van der Waals surface area contributed by atoms with Gasteiger partial charge in [-0.25, -0.2) is 0 Å². The minimum atomic E-state index is -1.41. The van der Waals surface area contributed by atoms with Gasteiger partial charge in [0.05, 0.1) is 12.7 Å². The molecule has 6 heteroatoms. The van der Waals surface area contributed by atoms with Crippen LogP contribution >= 0.6 is 0 Å². The van der Waals surface area contributed by atoms with Crippen LogP contribution in [0.4, 0.5) is 0 Å². The first kappa shape index (κ1) is 17.6. The van der Waals surface area contributed by atoms with Crippen molar-refractivity contribution in [2.45, 2.75) is 69.4 Å². The number of hydrogen-bond donors (Lipinski definition) is 4. The van der Waals surface area contributed by atoms with Crippen LogP contribution in [0.3, 0.4) is 0 Å². The van der Waals surface area contributed by atoms with Gasteiger partial charge in [0.2, 0.25) is 0 Å². The first-order valence-electron chi connectivity index (χ1n) is 7.13. The van der Waals surface area contributed by atoms with E-state index in [4.69, 9.17) is 14.6 Å². The Morgan fingerprint density at radius 2 is 1.90 bits per heavy atom. The monoisotopic (exact) mass is 290 g/mol. The molecule has 0 aliphatic carbocycles. The highest BCUT2D eigenvalue weighted by molar-refractivity contribution is 4.90.